The molecule has 0 radical (unpaired) electrons. The number of aromatic amines is 1. The third-order valence-corrected chi connectivity index (χ3v) is 4.57. The summed E-state index contributed by atoms with van der Waals surface area (Å²) in [7, 11) is 1.71. The van der Waals surface area contributed by atoms with Crippen molar-refractivity contribution in [1.82, 2.24) is 24.9 Å². The molecule has 0 saturated carbocycles. The van der Waals surface area contributed by atoms with Crippen LogP contribution in [-0.4, -0.2) is 37.8 Å². The van der Waals surface area contributed by atoms with Crippen molar-refractivity contribution in [2.45, 2.75) is 46.2 Å². The van der Waals surface area contributed by atoms with Crippen molar-refractivity contribution in [1.29, 1.82) is 0 Å². The van der Waals surface area contributed by atoms with Crippen LogP contribution in [0, 0.1) is 6.92 Å². The van der Waals surface area contributed by atoms with Crippen molar-refractivity contribution in [3.8, 4) is 0 Å². The number of carbonyl (C=O) groups is 1. The Morgan fingerprint density at radius 1 is 1.22 bits per heavy atom. The molecular formula is C20H25N5O2. The van der Waals surface area contributed by atoms with Gasteiger partial charge in [0.15, 0.2) is 0 Å². The van der Waals surface area contributed by atoms with Gasteiger partial charge in [-0.15, -0.1) is 0 Å². The van der Waals surface area contributed by atoms with Gasteiger partial charge in [0.2, 0.25) is 5.91 Å². The maximum Gasteiger partial charge on any atom is 0.275 e. The van der Waals surface area contributed by atoms with E-state index in [-0.39, 0.29) is 23.4 Å². The number of hydrogen-bond acceptors (Lipinski definition) is 4. The second kappa shape index (κ2) is 6.98. The summed E-state index contributed by atoms with van der Waals surface area (Å²) >= 11 is 0. The molecule has 1 N–H and O–H groups in total. The summed E-state index contributed by atoms with van der Waals surface area (Å²) in [6.45, 7) is 8.39. The van der Waals surface area contributed by atoms with E-state index in [2.05, 4.69) is 36.1 Å². The number of benzene rings is 1. The zero-order valence-corrected chi connectivity index (χ0v) is 16.4. The Morgan fingerprint density at radius 2 is 1.89 bits per heavy atom. The Balaban J connectivity index is 1.77. The van der Waals surface area contributed by atoms with Gasteiger partial charge >= 0.3 is 0 Å². The summed E-state index contributed by atoms with van der Waals surface area (Å²) in [5.41, 5.74) is 2.21. The first kappa shape index (κ1) is 18.8. The highest BCUT2D eigenvalue weighted by molar-refractivity contribution is 5.83. The molecule has 0 unspecified atom stereocenters. The molecule has 3 aromatic rings. The number of H-pyrrole nitrogens is 1. The fraction of sp³-hybridized carbons (Fsp3) is 0.400. The second-order valence-corrected chi connectivity index (χ2v) is 7.87. The summed E-state index contributed by atoms with van der Waals surface area (Å²) in [5.74, 6) is -0.189. The van der Waals surface area contributed by atoms with Crippen LogP contribution >= 0.6 is 0 Å². The van der Waals surface area contributed by atoms with Crippen LogP contribution in [0.3, 0.4) is 0 Å². The van der Waals surface area contributed by atoms with Crippen LogP contribution in [0.2, 0.25) is 0 Å². The first-order chi connectivity index (χ1) is 12.7. The van der Waals surface area contributed by atoms with E-state index < -0.39 is 0 Å². The maximum absolute atomic E-state index is 12.6. The van der Waals surface area contributed by atoms with Crippen LogP contribution < -0.4 is 5.56 Å². The topological polar surface area (TPSA) is 83.9 Å². The largest absolute Gasteiger partial charge is 0.338 e. The molecule has 3 rings (SSSR count). The fourth-order valence-corrected chi connectivity index (χ4v) is 2.93. The van der Waals surface area contributed by atoms with E-state index >= 15 is 0 Å². The van der Waals surface area contributed by atoms with Crippen molar-refractivity contribution in [2.75, 3.05) is 7.05 Å². The highest BCUT2D eigenvalue weighted by Gasteiger charge is 2.19. The molecule has 1 amide bonds. The van der Waals surface area contributed by atoms with Crippen molar-refractivity contribution >= 4 is 16.7 Å². The number of nitrogens with one attached hydrogen (secondary N) is 1. The van der Waals surface area contributed by atoms with Crippen molar-refractivity contribution in [2.24, 2.45) is 0 Å². The Kier molecular flexibility index (Phi) is 4.87. The zero-order chi connectivity index (χ0) is 19.8. The van der Waals surface area contributed by atoms with Gasteiger partial charge in [-0.05, 0) is 19.1 Å². The third kappa shape index (κ3) is 3.92. The van der Waals surface area contributed by atoms with Gasteiger partial charge in [-0.3, -0.25) is 14.7 Å². The molecule has 27 heavy (non-hydrogen) atoms. The minimum absolute atomic E-state index is 0.0584. The number of hydrogen-bond donors (Lipinski definition) is 1. The highest BCUT2D eigenvalue weighted by atomic mass is 16.2. The molecule has 7 heteroatoms. The Hall–Kier alpha value is -2.96. The molecule has 2 aromatic heterocycles. The van der Waals surface area contributed by atoms with E-state index in [1.165, 1.54) is 4.68 Å². The van der Waals surface area contributed by atoms with Gasteiger partial charge in [0.05, 0.1) is 29.0 Å². The molecule has 2 heterocycles. The maximum atomic E-state index is 12.6. The predicted octanol–water partition coefficient (Wildman–Crippen LogP) is 2.38. The molecule has 7 nitrogen and oxygen atoms in total. The van der Waals surface area contributed by atoms with Gasteiger partial charge in [0, 0.05) is 17.8 Å². The third-order valence-electron chi connectivity index (χ3n) is 4.57. The molecule has 0 aliphatic carbocycles. The lowest BCUT2D eigenvalue weighted by Gasteiger charge is -2.17. The van der Waals surface area contributed by atoms with Gasteiger partial charge in [0.25, 0.3) is 5.56 Å². The van der Waals surface area contributed by atoms with Gasteiger partial charge in [0.1, 0.15) is 6.54 Å². The second-order valence-electron chi connectivity index (χ2n) is 7.87. The van der Waals surface area contributed by atoms with E-state index in [1.54, 1.807) is 18.0 Å². The van der Waals surface area contributed by atoms with Crippen molar-refractivity contribution < 1.29 is 4.79 Å². The average Bonchev–Trinajstić information content (AvgIpc) is 3.08. The van der Waals surface area contributed by atoms with E-state index in [9.17, 15) is 9.59 Å². The predicted molar refractivity (Wildman–Crippen MR) is 105 cm³/mol. The zero-order valence-electron chi connectivity index (χ0n) is 16.4. The number of rotatable bonds is 4. The number of amides is 1. The number of aromatic nitrogens is 4. The van der Waals surface area contributed by atoms with Crippen LogP contribution in [0.4, 0.5) is 0 Å². The minimum atomic E-state index is -0.255. The monoisotopic (exact) mass is 367 g/mol. The lowest BCUT2D eigenvalue weighted by atomic mass is 9.92. The molecule has 0 atom stereocenters. The van der Waals surface area contributed by atoms with Gasteiger partial charge < -0.3 is 4.90 Å². The molecular weight excluding hydrogens is 342 g/mol. The van der Waals surface area contributed by atoms with Crippen LogP contribution in [0.25, 0.3) is 10.8 Å². The van der Waals surface area contributed by atoms with Crippen LogP contribution in [0.5, 0.6) is 0 Å². The van der Waals surface area contributed by atoms with Crippen molar-refractivity contribution in [3.05, 3.63) is 57.8 Å². The number of likely N-dealkylation sites (N-methyl/N-ethyl adjacent to an activating group) is 1. The lowest BCUT2D eigenvalue weighted by Crippen LogP contribution is -2.35. The van der Waals surface area contributed by atoms with Gasteiger partial charge in [-0.1, -0.05) is 39.0 Å². The van der Waals surface area contributed by atoms with E-state index in [1.807, 2.05) is 31.2 Å². The minimum Gasteiger partial charge on any atom is -0.338 e. The standard InChI is InChI=1S/C20H25N5O2/c1-13-15-8-6-7-9-16(15)19(27)25(23-13)12-18(26)24(5)11-14-10-17(22-21-14)20(2,3)4/h6-10H,11-12H2,1-5H3,(H,21,22). The Bertz CT molecular complexity index is 1040. The van der Waals surface area contributed by atoms with E-state index in [0.29, 0.717) is 11.9 Å². The Morgan fingerprint density at radius 3 is 2.52 bits per heavy atom. The van der Waals surface area contributed by atoms with Crippen LogP contribution in [-0.2, 0) is 23.3 Å². The van der Waals surface area contributed by atoms with E-state index in [4.69, 9.17) is 0 Å². The van der Waals surface area contributed by atoms with Crippen molar-refractivity contribution in [3.63, 3.8) is 0 Å². The SMILES string of the molecule is Cc1nn(CC(=O)N(C)Cc2cc(C(C)(C)C)n[nH]2)c(=O)c2ccccc12. The molecule has 0 aliphatic rings. The average molecular weight is 367 g/mol. The molecule has 0 aliphatic heterocycles. The first-order valence-corrected chi connectivity index (χ1v) is 8.92. The van der Waals surface area contributed by atoms with Crippen LogP contribution in [0.15, 0.2) is 35.1 Å². The Labute approximate surface area is 158 Å². The molecule has 0 fully saturated rings. The molecule has 0 spiro atoms. The lowest BCUT2D eigenvalue weighted by molar-refractivity contribution is -0.131. The fourth-order valence-electron chi connectivity index (χ4n) is 2.93. The normalized spacial score (nSPS) is 11.7. The van der Waals surface area contributed by atoms with Crippen LogP contribution in [0.1, 0.15) is 37.9 Å². The summed E-state index contributed by atoms with van der Waals surface area (Å²) in [5, 5.41) is 13.0. The smallest absolute Gasteiger partial charge is 0.275 e. The first-order valence-electron chi connectivity index (χ1n) is 8.92. The molecule has 1 aromatic carbocycles. The number of nitrogens with zero attached hydrogens (tertiary/aromatic N) is 4. The number of carbonyl (C=O) groups excluding carboxylic acids is 1. The highest BCUT2D eigenvalue weighted by Crippen LogP contribution is 2.20. The summed E-state index contributed by atoms with van der Waals surface area (Å²) in [6.07, 6.45) is 0. The summed E-state index contributed by atoms with van der Waals surface area (Å²) in [6, 6.07) is 9.27. The molecule has 0 saturated heterocycles. The van der Waals surface area contributed by atoms with Gasteiger partial charge in [-0.2, -0.15) is 10.2 Å². The molecule has 0 bridgehead atoms. The quantitative estimate of drug-likeness (QED) is 0.767. The summed E-state index contributed by atoms with van der Waals surface area (Å²) in [4.78, 5) is 26.8. The molecule has 142 valence electrons. The van der Waals surface area contributed by atoms with E-state index in [0.717, 1.165) is 22.5 Å². The van der Waals surface area contributed by atoms with Gasteiger partial charge in [-0.25, -0.2) is 4.68 Å². The summed E-state index contributed by atoms with van der Waals surface area (Å²) < 4.78 is 1.24. The number of fused-ring (bicyclic) bond motifs is 1. The number of aryl methyl sites for hydroxylation is 1.